The van der Waals surface area contributed by atoms with E-state index in [1.54, 1.807) is 0 Å². The number of benzene rings is 2. The minimum atomic E-state index is 0.245. The molecule has 2 fully saturated rings. The molecule has 1 N–H and O–H groups in total. The molecule has 2 aromatic carbocycles. The molecule has 1 amide bonds. The predicted octanol–water partition coefficient (Wildman–Crippen LogP) is 2.69. The Morgan fingerprint density at radius 3 is 2.25 bits per heavy atom. The summed E-state index contributed by atoms with van der Waals surface area (Å²) in [5.41, 5.74) is 4.18. The van der Waals surface area contributed by atoms with Crippen LogP contribution in [0.1, 0.15) is 29.0 Å². The van der Waals surface area contributed by atoms with Crippen molar-refractivity contribution in [1.82, 2.24) is 15.1 Å². The summed E-state index contributed by atoms with van der Waals surface area (Å²) in [5, 5.41) is 3.47. The smallest absolute Gasteiger partial charge is 0.236 e. The first kappa shape index (κ1) is 19.2. The first-order valence-corrected chi connectivity index (χ1v) is 10.5. The maximum absolute atomic E-state index is 12.4. The van der Waals surface area contributed by atoms with Gasteiger partial charge in [-0.1, -0.05) is 54.6 Å². The standard InChI is InChI=1S/C24H31N3O/c1-26-13-15-27(16-14-26)24(28)18-25-23-17-22(23)21-11-9-20(10-12-21)8-7-19-5-3-2-4-6-19/h2-6,9-12,22-23,25H,7-8,13-18H2,1H3/t22?,23-/m0/s1. The molecule has 2 atom stereocenters. The molecule has 1 unspecified atom stereocenters. The van der Waals surface area contributed by atoms with Gasteiger partial charge in [-0.05, 0) is 43.0 Å². The second kappa shape index (κ2) is 8.89. The maximum atomic E-state index is 12.4. The molecule has 2 aliphatic rings. The van der Waals surface area contributed by atoms with Gasteiger partial charge >= 0.3 is 0 Å². The number of carbonyl (C=O) groups is 1. The number of nitrogens with zero attached hydrogens (tertiary/aromatic N) is 2. The van der Waals surface area contributed by atoms with Crippen LogP contribution in [0.5, 0.6) is 0 Å². The molecule has 1 aliphatic heterocycles. The van der Waals surface area contributed by atoms with Gasteiger partial charge < -0.3 is 15.1 Å². The van der Waals surface area contributed by atoms with Gasteiger partial charge in [-0.2, -0.15) is 0 Å². The van der Waals surface area contributed by atoms with Gasteiger partial charge in [0.1, 0.15) is 0 Å². The van der Waals surface area contributed by atoms with Gasteiger partial charge in [0.2, 0.25) is 5.91 Å². The number of amides is 1. The van der Waals surface area contributed by atoms with Crippen LogP contribution in [0.4, 0.5) is 0 Å². The van der Waals surface area contributed by atoms with Crippen LogP contribution in [-0.2, 0) is 17.6 Å². The molecule has 1 heterocycles. The number of rotatable bonds is 7. The third kappa shape index (κ3) is 5.00. The number of piperazine rings is 1. The highest BCUT2D eigenvalue weighted by Gasteiger charge is 2.38. The van der Waals surface area contributed by atoms with E-state index in [-0.39, 0.29) is 5.91 Å². The van der Waals surface area contributed by atoms with Crippen molar-refractivity contribution in [2.24, 2.45) is 0 Å². The van der Waals surface area contributed by atoms with Crippen LogP contribution in [0.25, 0.3) is 0 Å². The molecule has 2 aromatic rings. The SMILES string of the molecule is CN1CCN(C(=O)CN[C@H]2CC2c2ccc(CCc3ccccc3)cc2)CC1. The fraction of sp³-hybridized carbons (Fsp3) is 0.458. The van der Waals surface area contributed by atoms with E-state index in [9.17, 15) is 4.79 Å². The van der Waals surface area contributed by atoms with Gasteiger partial charge in [-0.3, -0.25) is 4.79 Å². The van der Waals surface area contributed by atoms with Crippen molar-refractivity contribution in [1.29, 1.82) is 0 Å². The molecule has 4 nitrogen and oxygen atoms in total. The number of likely N-dealkylation sites (N-methyl/N-ethyl adjacent to an activating group) is 1. The lowest BCUT2D eigenvalue weighted by molar-refractivity contribution is -0.131. The van der Waals surface area contributed by atoms with Crippen molar-refractivity contribution in [3.05, 3.63) is 71.3 Å². The lowest BCUT2D eigenvalue weighted by Crippen LogP contribution is -2.49. The Kier molecular flexibility index (Phi) is 6.08. The molecule has 1 aliphatic carbocycles. The molecule has 148 valence electrons. The molecule has 4 rings (SSSR count). The van der Waals surface area contributed by atoms with E-state index in [0.717, 1.165) is 45.4 Å². The minimum absolute atomic E-state index is 0.245. The van der Waals surface area contributed by atoms with Crippen LogP contribution in [-0.4, -0.2) is 61.5 Å². The normalized spacial score (nSPS) is 22.2. The van der Waals surface area contributed by atoms with E-state index in [1.165, 1.54) is 16.7 Å². The molecular formula is C24H31N3O. The lowest BCUT2D eigenvalue weighted by Gasteiger charge is -2.32. The van der Waals surface area contributed by atoms with Crippen LogP contribution >= 0.6 is 0 Å². The largest absolute Gasteiger partial charge is 0.339 e. The van der Waals surface area contributed by atoms with Crippen molar-refractivity contribution >= 4 is 5.91 Å². The molecule has 28 heavy (non-hydrogen) atoms. The summed E-state index contributed by atoms with van der Waals surface area (Å²) < 4.78 is 0. The summed E-state index contributed by atoms with van der Waals surface area (Å²) >= 11 is 0. The highest BCUT2D eigenvalue weighted by molar-refractivity contribution is 5.78. The average Bonchev–Trinajstić information content (AvgIpc) is 3.52. The number of aryl methyl sites for hydroxylation is 2. The maximum Gasteiger partial charge on any atom is 0.236 e. The molecule has 1 saturated heterocycles. The Bertz CT molecular complexity index is 766. The summed E-state index contributed by atoms with van der Waals surface area (Å²) in [6, 6.07) is 20.2. The average molecular weight is 378 g/mol. The summed E-state index contributed by atoms with van der Waals surface area (Å²) in [6.07, 6.45) is 3.30. The van der Waals surface area contributed by atoms with E-state index in [1.807, 2.05) is 4.90 Å². The third-order valence-corrected chi connectivity index (χ3v) is 6.11. The van der Waals surface area contributed by atoms with Crippen molar-refractivity contribution < 1.29 is 4.79 Å². The van der Waals surface area contributed by atoms with Crippen LogP contribution in [0, 0.1) is 0 Å². The monoisotopic (exact) mass is 377 g/mol. The molecule has 0 radical (unpaired) electrons. The zero-order valence-corrected chi connectivity index (χ0v) is 16.8. The van der Waals surface area contributed by atoms with Gasteiger partial charge in [0.15, 0.2) is 0 Å². The lowest BCUT2D eigenvalue weighted by atomic mass is 10.0. The number of hydrogen-bond donors (Lipinski definition) is 1. The third-order valence-electron chi connectivity index (χ3n) is 6.11. The van der Waals surface area contributed by atoms with Crippen molar-refractivity contribution in [3.63, 3.8) is 0 Å². The summed E-state index contributed by atoms with van der Waals surface area (Å²) in [4.78, 5) is 16.6. The van der Waals surface area contributed by atoms with Crippen LogP contribution < -0.4 is 5.32 Å². The Balaban J connectivity index is 1.20. The van der Waals surface area contributed by atoms with E-state index in [2.05, 4.69) is 71.9 Å². The molecule has 0 bridgehead atoms. The van der Waals surface area contributed by atoms with Gasteiger partial charge in [-0.15, -0.1) is 0 Å². The Morgan fingerprint density at radius 2 is 1.57 bits per heavy atom. The molecule has 0 spiro atoms. The van der Waals surface area contributed by atoms with E-state index in [4.69, 9.17) is 0 Å². The van der Waals surface area contributed by atoms with Crippen LogP contribution in [0.15, 0.2) is 54.6 Å². The molecular weight excluding hydrogens is 346 g/mol. The Hall–Kier alpha value is -2.17. The Morgan fingerprint density at radius 1 is 0.929 bits per heavy atom. The van der Waals surface area contributed by atoms with E-state index >= 15 is 0 Å². The van der Waals surface area contributed by atoms with Gasteiger partial charge in [0.25, 0.3) is 0 Å². The molecule has 4 heteroatoms. The fourth-order valence-corrected chi connectivity index (χ4v) is 4.04. The fourth-order valence-electron chi connectivity index (χ4n) is 4.04. The zero-order valence-electron chi connectivity index (χ0n) is 16.8. The quantitative estimate of drug-likeness (QED) is 0.806. The topological polar surface area (TPSA) is 35.6 Å². The highest BCUT2D eigenvalue weighted by atomic mass is 16.2. The van der Waals surface area contributed by atoms with Gasteiger partial charge in [0.05, 0.1) is 6.54 Å². The van der Waals surface area contributed by atoms with Crippen molar-refractivity contribution in [2.75, 3.05) is 39.8 Å². The van der Waals surface area contributed by atoms with E-state index < -0.39 is 0 Å². The Labute approximate surface area is 168 Å². The van der Waals surface area contributed by atoms with Crippen molar-refractivity contribution in [2.45, 2.75) is 31.2 Å². The second-order valence-electron chi connectivity index (χ2n) is 8.24. The summed E-state index contributed by atoms with van der Waals surface area (Å²) in [7, 11) is 2.11. The summed E-state index contributed by atoms with van der Waals surface area (Å²) in [6.45, 7) is 4.15. The van der Waals surface area contributed by atoms with Crippen LogP contribution in [0.2, 0.25) is 0 Å². The second-order valence-corrected chi connectivity index (χ2v) is 8.24. The van der Waals surface area contributed by atoms with Gasteiger partial charge in [0, 0.05) is 38.1 Å². The first-order valence-electron chi connectivity index (χ1n) is 10.5. The van der Waals surface area contributed by atoms with Gasteiger partial charge in [-0.25, -0.2) is 0 Å². The summed E-state index contributed by atoms with van der Waals surface area (Å²) in [5.74, 6) is 0.804. The van der Waals surface area contributed by atoms with Crippen LogP contribution in [0.3, 0.4) is 0 Å². The number of nitrogens with one attached hydrogen (secondary N) is 1. The number of carbonyl (C=O) groups excluding carboxylic acids is 1. The minimum Gasteiger partial charge on any atom is -0.339 e. The van der Waals surface area contributed by atoms with E-state index in [0.29, 0.717) is 18.5 Å². The molecule has 1 saturated carbocycles. The highest BCUT2D eigenvalue weighted by Crippen LogP contribution is 2.40. The molecule has 0 aromatic heterocycles. The number of hydrogen-bond acceptors (Lipinski definition) is 3. The zero-order chi connectivity index (χ0) is 19.3. The van der Waals surface area contributed by atoms with Crippen molar-refractivity contribution in [3.8, 4) is 0 Å². The first-order chi connectivity index (χ1) is 13.7. The predicted molar refractivity (Wildman–Crippen MR) is 114 cm³/mol.